The summed E-state index contributed by atoms with van der Waals surface area (Å²) >= 11 is 13.5. The molecular weight excluding hydrogens is 658 g/mol. The van der Waals surface area contributed by atoms with Crippen LogP contribution in [-0.2, 0) is 0 Å². The molecule has 13 heteroatoms. The summed E-state index contributed by atoms with van der Waals surface area (Å²) in [6.07, 6.45) is 3.34. The molecule has 4 aromatic rings. The average molecular weight is 680 g/mol. The Morgan fingerprint density at radius 3 is 2.64 bits per heavy atom. The average Bonchev–Trinajstić information content (AvgIpc) is 2.92. The lowest BCUT2D eigenvalue weighted by molar-refractivity contribution is -0.385. The number of benzene rings is 2. The van der Waals surface area contributed by atoms with Gasteiger partial charge in [-0.2, -0.15) is 9.78 Å². The summed E-state index contributed by atoms with van der Waals surface area (Å²) in [6, 6.07) is 9.64. The van der Waals surface area contributed by atoms with Gasteiger partial charge in [0.2, 0.25) is 5.88 Å². The summed E-state index contributed by atoms with van der Waals surface area (Å²) in [6.45, 7) is 6.10. The van der Waals surface area contributed by atoms with Crippen LogP contribution >= 0.6 is 43.5 Å². The third-order valence-electron chi connectivity index (χ3n) is 5.79. The minimum absolute atomic E-state index is 0.0288. The molecule has 2 heterocycles. The number of nitro groups is 1. The Hall–Kier alpha value is -3.35. The normalized spacial score (nSPS) is 12.2. The maximum atomic E-state index is 13.4. The van der Waals surface area contributed by atoms with E-state index in [0.29, 0.717) is 39.1 Å². The SMILES string of the molecule is CCOc1cc(C=Nn2c([C@H](C)CC)nc3ccc(Br)cc3c2=O)c(Br)c(Cl)c1Oc1ccc([N+](=O)[O-])cn1. The third kappa shape index (κ3) is 6.13. The van der Waals surface area contributed by atoms with Crippen molar-refractivity contribution in [3.8, 4) is 17.4 Å². The molecule has 4 rings (SSSR count). The van der Waals surface area contributed by atoms with Crippen molar-refractivity contribution in [3.63, 3.8) is 0 Å². The number of rotatable bonds is 9. The first-order valence-electron chi connectivity index (χ1n) is 11.8. The number of aromatic nitrogens is 3. The van der Waals surface area contributed by atoms with Crippen LogP contribution in [0.3, 0.4) is 0 Å². The van der Waals surface area contributed by atoms with Crippen molar-refractivity contribution in [1.82, 2.24) is 14.6 Å². The zero-order chi connectivity index (χ0) is 28.3. The van der Waals surface area contributed by atoms with Gasteiger partial charge in [0.1, 0.15) is 17.0 Å². The second-order valence-corrected chi connectivity index (χ2v) is 10.5. The Kier molecular flexibility index (Phi) is 8.98. The van der Waals surface area contributed by atoms with Crippen molar-refractivity contribution in [3.05, 3.63) is 88.4 Å². The molecule has 0 fully saturated rings. The molecule has 0 aliphatic carbocycles. The highest BCUT2D eigenvalue weighted by molar-refractivity contribution is 9.10. The number of nitrogens with zero attached hydrogens (tertiary/aromatic N) is 5. The summed E-state index contributed by atoms with van der Waals surface area (Å²) in [5, 5.41) is 16.0. The van der Waals surface area contributed by atoms with Crippen molar-refractivity contribution >= 4 is 66.3 Å². The highest BCUT2D eigenvalue weighted by Gasteiger charge is 2.20. The van der Waals surface area contributed by atoms with Gasteiger partial charge in [-0.05, 0) is 53.5 Å². The molecule has 0 saturated carbocycles. The van der Waals surface area contributed by atoms with Crippen LogP contribution < -0.4 is 15.0 Å². The fourth-order valence-corrected chi connectivity index (χ4v) is 4.60. The van der Waals surface area contributed by atoms with Gasteiger partial charge in [-0.15, -0.1) is 0 Å². The molecule has 39 heavy (non-hydrogen) atoms. The Bertz CT molecular complexity index is 1640. The first-order valence-corrected chi connectivity index (χ1v) is 13.8. The quantitative estimate of drug-likeness (QED) is 0.102. The smallest absolute Gasteiger partial charge is 0.287 e. The predicted molar refractivity (Wildman–Crippen MR) is 157 cm³/mol. The van der Waals surface area contributed by atoms with Crippen LogP contribution in [0.5, 0.6) is 17.4 Å². The zero-order valence-corrected chi connectivity index (χ0v) is 24.9. The number of ether oxygens (including phenoxy) is 2. The molecule has 0 bridgehead atoms. The Morgan fingerprint density at radius 2 is 2.00 bits per heavy atom. The number of pyridine rings is 1. The predicted octanol–water partition coefficient (Wildman–Crippen LogP) is 7.46. The molecule has 0 unspecified atom stereocenters. The van der Waals surface area contributed by atoms with Crippen molar-refractivity contribution in [2.24, 2.45) is 5.10 Å². The molecular formula is C26H22Br2ClN5O5. The fraction of sp³-hybridized carbons (Fsp3) is 0.231. The van der Waals surface area contributed by atoms with Gasteiger partial charge in [0.05, 0.1) is 28.6 Å². The summed E-state index contributed by atoms with van der Waals surface area (Å²) < 4.78 is 14.1. The van der Waals surface area contributed by atoms with Gasteiger partial charge in [-0.25, -0.2) is 9.97 Å². The van der Waals surface area contributed by atoms with E-state index in [2.05, 4.69) is 41.9 Å². The maximum Gasteiger partial charge on any atom is 0.287 e. The van der Waals surface area contributed by atoms with E-state index in [4.69, 9.17) is 26.1 Å². The van der Waals surface area contributed by atoms with Crippen LogP contribution in [-0.4, -0.2) is 32.4 Å². The monoisotopic (exact) mass is 677 g/mol. The summed E-state index contributed by atoms with van der Waals surface area (Å²) in [7, 11) is 0. The lowest BCUT2D eigenvalue weighted by Crippen LogP contribution is -2.23. The van der Waals surface area contributed by atoms with Gasteiger partial charge in [-0.1, -0.05) is 41.4 Å². The topological polar surface area (TPSA) is 122 Å². The van der Waals surface area contributed by atoms with Gasteiger partial charge < -0.3 is 9.47 Å². The van der Waals surface area contributed by atoms with E-state index in [1.807, 2.05) is 19.9 Å². The number of hydrogen-bond donors (Lipinski definition) is 0. The first-order chi connectivity index (χ1) is 18.6. The molecule has 10 nitrogen and oxygen atoms in total. The van der Waals surface area contributed by atoms with Gasteiger partial charge in [0, 0.05) is 32.6 Å². The van der Waals surface area contributed by atoms with Crippen molar-refractivity contribution in [2.45, 2.75) is 33.1 Å². The van der Waals surface area contributed by atoms with Crippen LogP contribution in [0.4, 0.5) is 5.69 Å². The lowest BCUT2D eigenvalue weighted by Gasteiger charge is -2.16. The summed E-state index contributed by atoms with van der Waals surface area (Å²) in [4.78, 5) is 32.5. The number of hydrogen-bond acceptors (Lipinski definition) is 8. The van der Waals surface area contributed by atoms with Crippen molar-refractivity contribution < 1.29 is 14.4 Å². The van der Waals surface area contributed by atoms with Crippen LogP contribution in [0.2, 0.25) is 5.02 Å². The van der Waals surface area contributed by atoms with E-state index in [1.54, 1.807) is 25.1 Å². The zero-order valence-electron chi connectivity index (χ0n) is 21.0. The van der Waals surface area contributed by atoms with Crippen LogP contribution in [0.25, 0.3) is 10.9 Å². The lowest BCUT2D eigenvalue weighted by atomic mass is 10.1. The Balaban J connectivity index is 1.79. The molecule has 0 aliphatic rings. The van der Waals surface area contributed by atoms with Crippen molar-refractivity contribution in [2.75, 3.05) is 6.61 Å². The van der Waals surface area contributed by atoms with Gasteiger partial charge >= 0.3 is 0 Å². The minimum Gasteiger partial charge on any atom is -0.490 e. The number of fused-ring (bicyclic) bond motifs is 1. The molecule has 0 saturated heterocycles. The van der Waals surface area contributed by atoms with E-state index in [0.717, 1.165) is 17.1 Å². The van der Waals surface area contributed by atoms with E-state index in [1.165, 1.54) is 23.0 Å². The van der Waals surface area contributed by atoms with Crippen molar-refractivity contribution in [1.29, 1.82) is 0 Å². The minimum atomic E-state index is -0.554. The molecule has 202 valence electrons. The third-order valence-corrected chi connectivity index (χ3v) is 7.73. The Labute approximate surface area is 245 Å². The second-order valence-electron chi connectivity index (χ2n) is 8.37. The highest BCUT2D eigenvalue weighted by atomic mass is 79.9. The molecule has 0 aliphatic heterocycles. The first kappa shape index (κ1) is 28.7. The van der Waals surface area contributed by atoms with E-state index in [-0.39, 0.29) is 33.8 Å². The summed E-state index contributed by atoms with van der Waals surface area (Å²) in [5.74, 6) is 1.06. The molecule has 0 radical (unpaired) electrons. The molecule has 0 amide bonds. The van der Waals surface area contributed by atoms with Gasteiger partial charge in [0.15, 0.2) is 11.5 Å². The van der Waals surface area contributed by atoms with E-state index in [9.17, 15) is 14.9 Å². The number of halogens is 3. The largest absolute Gasteiger partial charge is 0.490 e. The molecule has 0 spiro atoms. The van der Waals surface area contributed by atoms with Crippen LogP contribution in [0.1, 0.15) is 44.5 Å². The molecule has 2 aromatic carbocycles. The van der Waals surface area contributed by atoms with Crippen LogP contribution in [0.15, 0.2) is 61.4 Å². The fourth-order valence-electron chi connectivity index (χ4n) is 3.60. The van der Waals surface area contributed by atoms with Gasteiger partial charge in [-0.3, -0.25) is 14.9 Å². The Morgan fingerprint density at radius 1 is 1.23 bits per heavy atom. The molecule has 1 atom stereocenters. The molecule has 0 N–H and O–H groups in total. The van der Waals surface area contributed by atoms with E-state index >= 15 is 0 Å². The van der Waals surface area contributed by atoms with E-state index < -0.39 is 4.92 Å². The standard InChI is InChI=1S/C26H22Br2ClN5O5/c1-4-14(3)25-32-19-8-6-16(27)11-18(19)26(35)33(25)31-12-15-10-20(38-5-2)24(23(29)22(15)28)39-21-9-7-17(13-30-21)34(36)37/h6-14H,4-5H2,1-3H3/t14-/m1/s1. The second kappa shape index (κ2) is 12.2. The molecule has 2 aromatic heterocycles. The summed E-state index contributed by atoms with van der Waals surface area (Å²) in [5.41, 5.74) is 0.635. The van der Waals surface area contributed by atoms with Crippen LogP contribution in [0, 0.1) is 10.1 Å². The van der Waals surface area contributed by atoms with Gasteiger partial charge in [0.25, 0.3) is 11.2 Å². The maximum absolute atomic E-state index is 13.4. The highest BCUT2D eigenvalue weighted by Crippen LogP contribution is 2.44.